The number of carbonyl (C=O) groups is 3. The average molecular weight is 994 g/mol. The van der Waals surface area contributed by atoms with Crippen LogP contribution in [-0.2, 0) is 28.6 Å². The van der Waals surface area contributed by atoms with Gasteiger partial charge in [-0.1, -0.05) is 237 Å². The van der Waals surface area contributed by atoms with E-state index in [2.05, 4.69) is 154 Å². The highest BCUT2D eigenvalue weighted by Crippen LogP contribution is 2.12. The van der Waals surface area contributed by atoms with Gasteiger partial charge < -0.3 is 14.2 Å². The Morgan fingerprint density at radius 3 is 1.08 bits per heavy atom. The number of carbonyl (C=O) groups excluding carboxylic acids is 3. The average Bonchev–Trinajstić information content (AvgIpc) is 3.38. The molecule has 0 fully saturated rings. The molecule has 0 aliphatic carbocycles. The minimum absolute atomic E-state index is 0.142. The van der Waals surface area contributed by atoms with E-state index < -0.39 is 6.10 Å². The molecule has 1 unspecified atom stereocenters. The molecule has 404 valence electrons. The standard InChI is InChI=1S/C66H104O6/c1-4-7-10-13-16-19-22-25-28-31-33-36-38-41-44-47-50-53-56-59-65(68)71-62-63(61-70-64(67)58-55-52-49-46-43-40-37-34-30-27-24-21-18-15-12-9-6-3)72-66(69)60-57-54-51-48-45-42-39-35-32-29-26-23-20-17-14-11-8-5-2/h7,10,16,18-19,21,25,27-30,32-33,35-37,39-41,44,46,49-50,53,63H,4-6,8-9,11-15,17,20,22-24,26,31,34,38,42-43,45,47-48,51-52,54-62H2,1-3H3/b10-7-,19-16-,21-18-,28-25-,30-27-,32-29-,36-33-,39-35-,40-37-,44-41-,49-46-,53-50-. The van der Waals surface area contributed by atoms with E-state index in [0.29, 0.717) is 12.8 Å². The van der Waals surface area contributed by atoms with Crippen LogP contribution in [-0.4, -0.2) is 37.2 Å². The summed E-state index contributed by atoms with van der Waals surface area (Å²) in [7, 11) is 0. The lowest BCUT2D eigenvalue weighted by atomic mass is 10.1. The van der Waals surface area contributed by atoms with Crippen LogP contribution in [0.15, 0.2) is 146 Å². The van der Waals surface area contributed by atoms with Crippen LogP contribution in [0.5, 0.6) is 0 Å². The maximum Gasteiger partial charge on any atom is 0.306 e. The van der Waals surface area contributed by atoms with Gasteiger partial charge >= 0.3 is 17.9 Å². The van der Waals surface area contributed by atoms with Crippen molar-refractivity contribution in [3.05, 3.63) is 146 Å². The zero-order valence-electron chi connectivity index (χ0n) is 46.1. The van der Waals surface area contributed by atoms with E-state index in [1.54, 1.807) is 0 Å². The van der Waals surface area contributed by atoms with Gasteiger partial charge in [0.05, 0.1) is 0 Å². The lowest BCUT2D eigenvalue weighted by molar-refractivity contribution is -0.166. The number of allylic oxidation sites excluding steroid dienone is 24. The molecule has 0 N–H and O–H groups in total. The quantitative estimate of drug-likeness (QED) is 0.0199. The van der Waals surface area contributed by atoms with Crippen LogP contribution in [0.2, 0.25) is 0 Å². The van der Waals surface area contributed by atoms with E-state index in [1.165, 1.54) is 70.6 Å². The number of ether oxygens (including phenoxy) is 3. The monoisotopic (exact) mass is 993 g/mol. The van der Waals surface area contributed by atoms with Gasteiger partial charge in [-0.15, -0.1) is 0 Å². The van der Waals surface area contributed by atoms with Crippen LogP contribution in [0.1, 0.15) is 233 Å². The Morgan fingerprint density at radius 2 is 0.625 bits per heavy atom. The van der Waals surface area contributed by atoms with Crippen LogP contribution in [0.25, 0.3) is 0 Å². The highest BCUT2D eigenvalue weighted by molar-refractivity contribution is 5.71. The predicted molar refractivity (Wildman–Crippen MR) is 311 cm³/mol. The number of hydrogen-bond acceptors (Lipinski definition) is 6. The van der Waals surface area contributed by atoms with Crippen LogP contribution < -0.4 is 0 Å². The summed E-state index contributed by atoms with van der Waals surface area (Å²) >= 11 is 0. The van der Waals surface area contributed by atoms with Crippen molar-refractivity contribution in [3.63, 3.8) is 0 Å². The third-order valence-electron chi connectivity index (χ3n) is 11.6. The summed E-state index contributed by atoms with van der Waals surface area (Å²) in [5, 5.41) is 0. The molecule has 0 aliphatic rings. The fraction of sp³-hybridized carbons (Fsp3) is 0.591. The molecular weight excluding hydrogens is 889 g/mol. The smallest absolute Gasteiger partial charge is 0.306 e. The van der Waals surface area contributed by atoms with Gasteiger partial charge in [0, 0.05) is 19.3 Å². The van der Waals surface area contributed by atoms with Crippen molar-refractivity contribution < 1.29 is 28.6 Å². The normalized spacial score (nSPS) is 13.2. The van der Waals surface area contributed by atoms with Crippen molar-refractivity contribution in [3.8, 4) is 0 Å². The molecular formula is C66H104O6. The van der Waals surface area contributed by atoms with Crippen LogP contribution >= 0.6 is 0 Å². The number of esters is 3. The molecule has 72 heavy (non-hydrogen) atoms. The Balaban J connectivity index is 4.64. The molecule has 6 nitrogen and oxygen atoms in total. The summed E-state index contributed by atoms with van der Waals surface area (Å²) in [5.74, 6) is -1.10. The zero-order valence-corrected chi connectivity index (χ0v) is 46.1. The number of hydrogen-bond donors (Lipinski definition) is 0. The van der Waals surface area contributed by atoms with Crippen molar-refractivity contribution in [1.29, 1.82) is 0 Å². The molecule has 0 aliphatic heterocycles. The van der Waals surface area contributed by atoms with Crippen LogP contribution in [0, 0.1) is 0 Å². The minimum atomic E-state index is -0.846. The van der Waals surface area contributed by atoms with Gasteiger partial charge in [-0.2, -0.15) is 0 Å². The van der Waals surface area contributed by atoms with Gasteiger partial charge in [0.25, 0.3) is 0 Å². The Bertz CT molecular complexity index is 1610. The number of unbranched alkanes of at least 4 members (excludes halogenated alkanes) is 16. The molecule has 0 amide bonds. The molecule has 0 spiro atoms. The molecule has 0 aromatic rings. The van der Waals surface area contributed by atoms with E-state index >= 15 is 0 Å². The first-order valence-electron chi connectivity index (χ1n) is 28.9. The maximum absolute atomic E-state index is 12.9. The highest BCUT2D eigenvalue weighted by Gasteiger charge is 2.19. The van der Waals surface area contributed by atoms with E-state index in [-0.39, 0.29) is 50.4 Å². The minimum Gasteiger partial charge on any atom is -0.462 e. The second kappa shape index (κ2) is 58.9. The summed E-state index contributed by atoms with van der Waals surface area (Å²) in [5.41, 5.74) is 0. The summed E-state index contributed by atoms with van der Waals surface area (Å²) in [6.45, 7) is 6.35. The molecule has 0 heterocycles. The largest absolute Gasteiger partial charge is 0.462 e. The van der Waals surface area contributed by atoms with Crippen LogP contribution in [0.3, 0.4) is 0 Å². The molecule has 0 aromatic heterocycles. The van der Waals surface area contributed by atoms with Crippen molar-refractivity contribution >= 4 is 17.9 Å². The van der Waals surface area contributed by atoms with Gasteiger partial charge in [0.15, 0.2) is 6.10 Å². The molecule has 0 rings (SSSR count). The highest BCUT2D eigenvalue weighted by atomic mass is 16.6. The summed E-state index contributed by atoms with van der Waals surface area (Å²) in [4.78, 5) is 38.1. The van der Waals surface area contributed by atoms with Crippen molar-refractivity contribution in [2.45, 2.75) is 239 Å². The SMILES string of the molecule is CC/C=C\C/C=C\C/C=C\C/C=C\C/C=C\C/C=C\CCC(=O)OCC(COC(=O)CCC/C=C\C/C=C\C/C=C\C/C=C\CCCCC)OC(=O)CCCCCCC/C=C\C=C/CCCCCCCCC. The Hall–Kier alpha value is -4.71. The lowest BCUT2D eigenvalue weighted by Gasteiger charge is -2.18. The van der Waals surface area contributed by atoms with Crippen molar-refractivity contribution in [2.24, 2.45) is 0 Å². The lowest BCUT2D eigenvalue weighted by Crippen LogP contribution is -2.30. The Labute approximate surface area is 442 Å². The zero-order chi connectivity index (χ0) is 52.2. The van der Waals surface area contributed by atoms with Gasteiger partial charge in [0.2, 0.25) is 0 Å². The third-order valence-corrected chi connectivity index (χ3v) is 11.6. The predicted octanol–water partition coefficient (Wildman–Crippen LogP) is 19.6. The van der Waals surface area contributed by atoms with E-state index in [4.69, 9.17) is 14.2 Å². The first-order chi connectivity index (χ1) is 35.5. The number of rotatable bonds is 50. The summed E-state index contributed by atoms with van der Waals surface area (Å²) < 4.78 is 16.7. The molecule has 1 atom stereocenters. The molecule has 0 bridgehead atoms. The topological polar surface area (TPSA) is 78.9 Å². The van der Waals surface area contributed by atoms with E-state index in [0.717, 1.165) is 109 Å². The second-order valence-electron chi connectivity index (χ2n) is 18.5. The first kappa shape index (κ1) is 67.3. The Kier molecular flexibility index (Phi) is 55.0. The third kappa shape index (κ3) is 56.2. The second-order valence-corrected chi connectivity index (χ2v) is 18.5. The van der Waals surface area contributed by atoms with Gasteiger partial charge in [-0.3, -0.25) is 14.4 Å². The summed E-state index contributed by atoms with van der Waals surface area (Å²) in [6, 6.07) is 0. The molecule has 0 aromatic carbocycles. The molecule has 0 saturated carbocycles. The van der Waals surface area contributed by atoms with E-state index in [9.17, 15) is 14.4 Å². The van der Waals surface area contributed by atoms with Crippen molar-refractivity contribution in [1.82, 2.24) is 0 Å². The summed E-state index contributed by atoms with van der Waals surface area (Å²) in [6.07, 6.45) is 84.2. The van der Waals surface area contributed by atoms with Gasteiger partial charge in [-0.05, 0) is 122 Å². The molecule has 0 radical (unpaired) electrons. The Morgan fingerprint density at radius 1 is 0.306 bits per heavy atom. The van der Waals surface area contributed by atoms with E-state index in [1.807, 2.05) is 12.2 Å². The molecule has 0 saturated heterocycles. The molecule has 6 heteroatoms. The van der Waals surface area contributed by atoms with Gasteiger partial charge in [0.1, 0.15) is 13.2 Å². The van der Waals surface area contributed by atoms with Crippen LogP contribution in [0.4, 0.5) is 0 Å². The van der Waals surface area contributed by atoms with Crippen molar-refractivity contribution in [2.75, 3.05) is 13.2 Å². The maximum atomic E-state index is 12.9. The fourth-order valence-corrected chi connectivity index (χ4v) is 7.27. The van der Waals surface area contributed by atoms with Gasteiger partial charge in [-0.25, -0.2) is 0 Å². The fourth-order valence-electron chi connectivity index (χ4n) is 7.27. The first-order valence-corrected chi connectivity index (χ1v) is 28.9.